The Labute approximate surface area is 207 Å². The maximum Gasteiger partial charge on any atom is 0.228 e. The Morgan fingerprint density at radius 2 is 1.34 bits per heavy atom. The molecule has 3 aromatic rings. The van der Waals surface area contributed by atoms with E-state index in [0.717, 1.165) is 42.8 Å². The Hall–Kier alpha value is -3.60. The fourth-order valence-corrected chi connectivity index (χ4v) is 4.26. The van der Waals surface area contributed by atoms with Crippen LogP contribution in [0.1, 0.15) is 49.8 Å². The third kappa shape index (κ3) is 6.95. The van der Waals surface area contributed by atoms with Gasteiger partial charge in [0, 0.05) is 23.7 Å². The van der Waals surface area contributed by atoms with Crippen molar-refractivity contribution in [3.63, 3.8) is 0 Å². The Bertz CT molecular complexity index is 1150. The molecule has 35 heavy (non-hydrogen) atoms. The lowest BCUT2D eigenvalue weighted by molar-refractivity contribution is -0.118. The van der Waals surface area contributed by atoms with E-state index in [1.807, 2.05) is 72.8 Å². The van der Waals surface area contributed by atoms with Gasteiger partial charge >= 0.3 is 0 Å². The van der Waals surface area contributed by atoms with Gasteiger partial charge in [-0.3, -0.25) is 9.59 Å². The molecular weight excluding hydrogens is 436 g/mol. The third-order valence-electron chi connectivity index (χ3n) is 6.73. The average Bonchev–Trinajstić information content (AvgIpc) is 3.50. The predicted octanol–water partition coefficient (Wildman–Crippen LogP) is 6.23. The monoisotopic (exact) mass is 470 g/mol. The van der Waals surface area contributed by atoms with Crippen molar-refractivity contribution in [2.45, 2.75) is 46.0 Å². The van der Waals surface area contributed by atoms with Crippen LogP contribution in [0.15, 0.2) is 72.8 Å². The quantitative estimate of drug-likeness (QED) is 0.369. The molecular formula is C30H34N2O3. The molecule has 5 heteroatoms. The lowest BCUT2D eigenvalue weighted by Gasteiger charge is -2.09. The van der Waals surface area contributed by atoms with Crippen molar-refractivity contribution in [1.29, 1.82) is 0 Å². The number of aryl methyl sites for hydroxylation is 1. The lowest BCUT2D eigenvalue weighted by Crippen LogP contribution is -2.16. The zero-order valence-corrected chi connectivity index (χ0v) is 20.8. The van der Waals surface area contributed by atoms with Gasteiger partial charge in [-0.2, -0.15) is 0 Å². The number of rotatable bonds is 10. The molecule has 1 unspecified atom stereocenters. The first-order chi connectivity index (χ1) is 16.8. The minimum atomic E-state index is 0.0264. The van der Waals surface area contributed by atoms with Gasteiger partial charge in [0.2, 0.25) is 11.8 Å². The maximum atomic E-state index is 12.3. The van der Waals surface area contributed by atoms with Crippen molar-refractivity contribution in [2.24, 2.45) is 11.3 Å². The number of amides is 2. The molecule has 0 aromatic heterocycles. The SMILES string of the molecule is COc1ccc(CCCC(=O)Nc2ccc(Cc3ccc(NC(=O)C4CC4(C)C)cc3)cc2)cc1. The summed E-state index contributed by atoms with van der Waals surface area (Å²) in [5, 5.41) is 6.00. The first-order valence-corrected chi connectivity index (χ1v) is 12.2. The van der Waals surface area contributed by atoms with Crippen LogP contribution in [0.4, 0.5) is 11.4 Å². The van der Waals surface area contributed by atoms with Crippen molar-refractivity contribution >= 4 is 23.2 Å². The largest absolute Gasteiger partial charge is 0.497 e. The van der Waals surface area contributed by atoms with E-state index in [1.54, 1.807) is 7.11 Å². The Morgan fingerprint density at radius 3 is 1.86 bits per heavy atom. The summed E-state index contributed by atoms with van der Waals surface area (Å²) < 4.78 is 5.17. The molecule has 0 aliphatic heterocycles. The second-order valence-corrected chi connectivity index (χ2v) is 10.1. The minimum absolute atomic E-state index is 0.0264. The zero-order valence-electron chi connectivity index (χ0n) is 20.8. The van der Waals surface area contributed by atoms with Crippen molar-refractivity contribution in [3.8, 4) is 5.75 Å². The number of benzene rings is 3. The van der Waals surface area contributed by atoms with Crippen LogP contribution in [0.3, 0.4) is 0 Å². The highest BCUT2D eigenvalue weighted by atomic mass is 16.5. The van der Waals surface area contributed by atoms with Crippen LogP contribution in [-0.2, 0) is 22.4 Å². The molecule has 1 atom stereocenters. The molecule has 0 bridgehead atoms. The molecule has 1 fully saturated rings. The van der Waals surface area contributed by atoms with Crippen LogP contribution in [0, 0.1) is 11.3 Å². The fourth-order valence-electron chi connectivity index (χ4n) is 4.26. The molecule has 1 saturated carbocycles. The van der Waals surface area contributed by atoms with Gasteiger partial charge in [0.15, 0.2) is 0 Å². The summed E-state index contributed by atoms with van der Waals surface area (Å²) in [7, 11) is 1.65. The van der Waals surface area contributed by atoms with Crippen LogP contribution in [0.2, 0.25) is 0 Å². The molecule has 182 valence electrons. The number of ether oxygens (including phenoxy) is 1. The molecule has 2 amide bonds. The predicted molar refractivity (Wildman–Crippen MR) is 141 cm³/mol. The highest BCUT2D eigenvalue weighted by Crippen LogP contribution is 2.52. The topological polar surface area (TPSA) is 67.4 Å². The molecule has 1 aliphatic carbocycles. The van der Waals surface area contributed by atoms with Gasteiger partial charge < -0.3 is 15.4 Å². The highest BCUT2D eigenvalue weighted by Gasteiger charge is 2.50. The van der Waals surface area contributed by atoms with Gasteiger partial charge in [0.05, 0.1) is 7.11 Å². The van der Waals surface area contributed by atoms with E-state index in [9.17, 15) is 9.59 Å². The summed E-state index contributed by atoms with van der Waals surface area (Å²) >= 11 is 0. The fraction of sp³-hybridized carbons (Fsp3) is 0.333. The van der Waals surface area contributed by atoms with Gasteiger partial charge in [-0.25, -0.2) is 0 Å². The van der Waals surface area contributed by atoms with Crippen molar-refractivity contribution < 1.29 is 14.3 Å². The van der Waals surface area contributed by atoms with E-state index in [4.69, 9.17) is 4.74 Å². The Morgan fingerprint density at radius 1 is 0.829 bits per heavy atom. The third-order valence-corrected chi connectivity index (χ3v) is 6.73. The number of anilines is 2. The lowest BCUT2D eigenvalue weighted by atomic mass is 10.0. The van der Waals surface area contributed by atoms with E-state index >= 15 is 0 Å². The van der Waals surface area contributed by atoms with Crippen molar-refractivity contribution in [1.82, 2.24) is 0 Å². The zero-order chi connectivity index (χ0) is 24.8. The summed E-state index contributed by atoms with van der Waals surface area (Å²) in [6.07, 6.45) is 3.88. The first-order valence-electron chi connectivity index (χ1n) is 12.2. The van der Waals surface area contributed by atoms with E-state index in [0.29, 0.717) is 6.42 Å². The van der Waals surface area contributed by atoms with Crippen LogP contribution in [0.5, 0.6) is 5.75 Å². The van der Waals surface area contributed by atoms with Gasteiger partial charge in [0.25, 0.3) is 0 Å². The van der Waals surface area contributed by atoms with Gasteiger partial charge in [-0.15, -0.1) is 0 Å². The Balaban J connectivity index is 1.20. The normalized spacial score (nSPS) is 15.8. The summed E-state index contributed by atoms with van der Waals surface area (Å²) in [6, 6.07) is 23.9. The number of nitrogens with one attached hydrogen (secondary N) is 2. The smallest absolute Gasteiger partial charge is 0.228 e. The number of hydrogen-bond acceptors (Lipinski definition) is 3. The van der Waals surface area contributed by atoms with Crippen LogP contribution in [-0.4, -0.2) is 18.9 Å². The second-order valence-electron chi connectivity index (χ2n) is 10.1. The van der Waals surface area contributed by atoms with Crippen LogP contribution < -0.4 is 15.4 Å². The molecule has 1 aliphatic rings. The molecule has 5 nitrogen and oxygen atoms in total. The Kier molecular flexibility index (Phi) is 7.54. The average molecular weight is 471 g/mol. The van der Waals surface area contributed by atoms with Gasteiger partial charge in [-0.05, 0) is 84.2 Å². The minimum Gasteiger partial charge on any atom is -0.497 e. The molecule has 0 spiro atoms. The van der Waals surface area contributed by atoms with Gasteiger partial charge in [0.1, 0.15) is 5.75 Å². The summed E-state index contributed by atoms with van der Waals surface area (Å²) in [6.45, 7) is 4.25. The molecule has 2 N–H and O–H groups in total. The number of carbonyl (C=O) groups excluding carboxylic acids is 2. The van der Waals surface area contributed by atoms with Gasteiger partial charge in [-0.1, -0.05) is 50.2 Å². The first kappa shape index (κ1) is 24.5. The summed E-state index contributed by atoms with van der Waals surface area (Å²) in [5.41, 5.74) is 5.32. The number of methoxy groups -OCH3 is 1. The molecule has 0 saturated heterocycles. The van der Waals surface area contributed by atoms with Crippen molar-refractivity contribution in [2.75, 3.05) is 17.7 Å². The number of hydrogen-bond donors (Lipinski definition) is 2. The van der Waals surface area contributed by atoms with E-state index in [1.165, 1.54) is 16.7 Å². The van der Waals surface area contributed by atoms with Crippen LogP contribution in [0.25, 0.3) is 0 Å². The molecule has 4 rings (SSSR count). The second kappa shape index (κ2) is 10.8. The molecule has 3 aromatic carbocycles. The summed E-state index contributed by atoms with van der Waals surface area (Å²) in [5.74, 6) is 1.10. The van der Waals surface area contributed by atoms with E-state index < -0.39 is 0 Å². The molecule has 0 heterocycles. The van der Waals surface area contributed by atoms with Crippen LogP contribution >= 0.6 is 0 Å². The summed E-state index contributed by atoms with van der Waals surface area (Å²) in [4.78, 5) is 24.6. The van der Waals surface area contributed by atoms with Crippen molar-refractivity contribution in [3.05, 3.63) is 89.5 Å². The standard InChI is InChI=1S/C30H34N2O3/c1-30(2)20-27(30)29(34)32-25-15-9-23(10-16-25)19-22-7-13-24(14-8-22)31-28(33)6-4-5-21-11-17-26(35-3)18-12-21/h7-18,27H,4-6,19-20H2,1-3H3,(H,31,33)(H,32,34). The van der Waals surface area contributed by atoms with E-state index in [-0.39, 0.29) is 23.1 Å². The molecule has 0 radical (unpaired) electrons. The van der Waals surface area contributed by atoms with E-state index in [2.05, 4.69) is 24.5 Å². The number of carbonyl (C=O) groups is 2. The highest BCUT2D eigenvalue weighted by molar-refractivity contribution is 5.95. The maximum absolute atomic E-state index is 12.3.